The van der Waals surface area contributed by atoms with Gasteiger partial charge in [0, 0.05) is 32.7 Å². The molecule has 6 nitrogen and oxygen atoms in total. The van der Waals surface area contributed by atoms with Crippen LogP contribution in [0.4, 0.5) is 18.3 Å². The molecule has 0 saturated carbocycles. The number of ether oxygens (including phenoxy) is 1. The summed E-state index contributed by atoms with van der Waals surface area (Å²) in [6, 6.07) is 4.91. The Hall–Kier alpha value is -2.17. The Morgan fingerprint density at radius 1 is 1.29 bits per heavy atom. The predicted octanol–water partition coefficient (Wildman–Crippen LogP) is 2.84. The molecular weight excluding hydrogens is 393 g/mol. The van der Waals surface area contributed by atoms with Crippen LogP contribution in [0.15, 0.2) is 30.5 Å². The van der Waals surface area contributed by atoms with E-state index in [-0.39, 0.29) is 12.5 Å². The molecule has 2 heterocycles. The van der Waals surface area contributed by atoms with Crippen molar-refractivity contribution in [2.24, 2.45) is 0 Å². The van der Waals surface area contributed by atoms with Crippen molar-refractivity contribution in [1.29, 1.82) is 0 Å². The van der Waals surface area contributed by atoms with Crippen LogP contribution in [0.1, 0.15) is 20.8 Å². The third-order valence-corrected chi connectivity index (χ3v) is 5.20. The first-order valence-electron chi connectivity index (χ1n) is 8.86. The highest BCUT2D eigenvalue weighted by Gasteiger charge is 2.30. The van der Waals surface area contributed by atoms with Gasteiger partial charge in [0.15, 0.2) is 5.13 Å². The molecule has 1 aliphatic rings. The Morgan fingerprint density at radius 3 is 2.82 bits per heavy atom. The lowest BCUT2D eigenvalue weighted by Crippen LogP contribution is -2.38. The number of anilines is 1. The van der Waals surface area contributed by atoms with Gasteiger partial charge in [-0.1, -0.05) is 23.5 Å². The van der Waals surface area contributed by atoms with Gasteiger partial charge in [-0.3, -0.25) is 9.69 Å². The zero-order chi connectivity index (χ0) is 20.0. The second-order valence-corrected chi connectivity index (χ2v) is 7.32. The van der Waals surface area contributed by atoms with Crippen molar-refractivity contribution >= 4 is 22.4 Å². The molecule has 28 heavy (non-hydrogen) atoms. The number of nitrogens with zero attached hydrogens (tertiary/aromatic N) is 2. The summed E-state index contributed by atoms with van der Waals surface area (Å²) in [7, 11) is 0. The molecule has 3 rings (SSSR count). The fourth-order valence-corrected chi connectivity index (χ4v) is 3.49. The molecule has 152 valence electrons. The van der Waals surface area contributed by atoms with Crippen molar-refractivity contribution in [2.45, 2.75) is 12.7 Å². The SMILES string of the molecule is O=C(NCc1cccc(C(F)(F)F)c1)c1cnc(NCCN2CCOCC2)s1. The van der Waals surface area contributed by atoms with E-state index in [4.69, 9.17) is 4.74 Å². The van der Waals surface area contributed by atoms with Gasteiger partial charge in [-0.15, -0.1) is 0 Å². The number of rotatable bonds is 7. The number of carbonyl (C=O) groups is 1. The fourth-order valence-electron chi connectivity index (χ4n) is 2.73. The summed E-state index contributed by atoms with van der Waals surface area (Å²) in [6.45, 7) is 4.88. The predicted molar refractivity (Wildman–Crippen MR) is 100 cm³/mol. The number of hydrogen-bond acceptors (Lipinski definition) is 6. The quantitative estimate of drug-likeness (QED) is 0.730. The average molecular weight is 414 g/mol. The molecular formula is C18H21F3N4O2S. The van der Waals surface area contributed by atoms with Crippen molar-refractivity contribution in [2.75, 3.05) is 44.7 Å². The number of amides is 1. The molecule has 0 spiro atoms. The molecule has 10 heteroatoms. The van der Waals surface area contributed by atoms with E-state index in [2.05, 4.69) is 20.5 Å². The maximum Gasteiger partial charge on any atom is 0.416 e. The number of hydrogen-bond donors (Lipinski definition) is 2. The molecule has 1 fully saturated rings. The second-order valence-electron chi connectivity index (χ2n) is 6.29. The van der Waals surface area contributed by atoms with Crippen molar-refractivity contribution in [3.63, 3.8) is 0 Å². The molecule has 1 aliphatic heterocycles. The monoisotopic (exact) mass is 414 g/mol. The average Bonchev–Trinajstić information content (AvgIpc) is 3.15. The van der Waals surface area contributed by atoms with Crippen LogP contribution < -0.4 is 10.6 Å². The molecule has 1 saturated heterocycles. The fraction of sp³-hybridized carbons (Fsp3) is 0.444. The summed E-state index contributed by atoms with van der Waals surface area (Å²) in [4.78, 5) is 19.1. The van der Waals surface area contributed by atoms with E-state index in [0.717, 1.165) is 45.0 Å². The van der Waals surface area contributed by atoms with Gasteiger partial charge in [-0.25, -0.2) is 4.98 Å². The third kappa shape index (κ3) is 5.91. The Kier molecular flexibility index (Phi) is 6.87. The molecule has 0 atom stereocenters. The van der Waals surface area contributed by atoms with Crippen molar-refractivity contribution in [3.8, 4) is 0 Å². The maximum absolute atomic E-state index is 12.7. The second kappa shape index (κ2) is 9.35. The van der Waals surface area contributed by atoms with Gasteiger partial charge in [-0.2, -0.15) is 13.2 Å². The van der Waals surface area contributed by atoms with E-state index in [1.807, 2.05) is 0 Å². The van der Waals surface area contributed by atoms with E-state index in [0.29, 0.717) is 22.1 Å². The number of alkyl halides is 3. The van der Waals surface area contributed by atoms with Gasteiger partial charge in [0.1, 0.15) is 4.88 Å². The first kappa shape index (κ1) is 20.6. The number of thiazole rings is 1. The van der Waals surface area contributed by atoms with Gasteiger partial charge in [0.25, 0.3) is 5.91 Å². The minimum atomic E-state index is -4.40. The van der Waals surface area contributed by atoms with E-state index in [1.165, 1.54) is 23.6 Å². The summed E-state index contributed by atoms with van der Waals surface area (Å²) < 4.78 is 43.5. The number of halogens is 3. The maximum atomic E-state index is 12.7. The van der Waals surface area contributed by atoms with Crippen LogP contribution in [0.2, 0.25) is 0 Å². The van der Waals surface area contributed by atoms with Crippen molar-refractivity contribution < 1.29 is 22.7 Å². The van der Waals surface area contributed by atoms with Crippen LogP contribution in [-0.4, -0.2) is 55.2 Å². The minimum absolute atomic E-state index is 0.0143. The molecule has 2 N–H and O–H groups in total. The molecule has 0 aliphatic carbocycles. The number of carbonyl (C=O) groups excluding carboxylic acids is 1. The van der Waals surface area contributed by atoms with E-state index >= 15 is 0 Å². The zero-order valence-electron chi connectivity index (χ0n) is 15.1. The van der Waals surface area contributed by atoms with Crippen molar-refractivity contribution in [3.05, 3.63) is 46.5 Å². The molecule has 2 aromatic rings. The lowest BCUT2D eigenvalue weighted by molar-refractivity contribution is -0.137. The van der Waals surface area contributed by atoms with Gasteiger partial charge < -0.3 is 15.4 Å². The standard InChI is InChI=1S/C18H21F3N4O2S/c19-18(20,21)14-3-1-2-13(10-14)11-23-16(26)15-12-24-17(28-15)22-4-5-25-6-8-27-9-7-25/h1-3,10,12H,4-9,11H2,(H,22,24)(H,23,26). The highest BCUT2D eigenvalue weighted by Crippen LogP contribution is 2.29. The highest BCUT2D eigenvalue weighted by atomic mass is 32.1. The normalized spacial score (nSPS) is 15.4. The van der Waals surface area contributed by atoms with Crippen LogP contribution in [-0.2, 0) is 17.5 Å². The van der Waals surface area contributed by atoms with Crippen LogP contribution in [0.25, 0.3) is 0 Å². The van der Waals surface area contributed by atoms with Crippen LogP contribution in [0.3, 0.4) is 0 Å². The Morgan fingerprint density at radius 2 is 2.07 bits per heavy atom. The lowest BCUT2D eigenvalue weighted by atomic mass is 10.1. The Balaban J connectivity index is 1.46. The summed E-state index contributed by atoms with van der Waals surface area (Å²) in [5.74, 6) is -0.365. The summed E-state index contributed by atoms with van der Waals surface area (Å²) in [5.41, 5.74) is -0.347. The largest absolute Gasteiger partial charge is 0.416 e. The van der Waals surface area contributed by atoms with Gasteiger partial charge >= 0.3 is 6.18 Å². The molecule has 1 aromatic heterocycles. The third-order valence-electron chi connectivity index (χ3n) is 4.24. The minimum Gasteiger partial charge on any atom is -0.379 e. The van der Waals surface area contributed by atoms with E-state index in [1.54, 1.807) is 6.07 Å². The lowest BCUT2D eigenvalue weighted by Gasteiger charge is -2.26. The van der Waals surface area contributed by atoms with Gasteiger partial charge in [-0.05, 0) is 17.7 Å². The summed E-state index contributed by atoms with van der Waals surface area (Å²) in [5, 5.41) is 6.45. The number of morpholine rings is 1. The summed E-state index contributed by atoms with van der Waals surface area (Å²) >= 11 is 1.21. The molecule has 0 unspecified atom stereocenters. The van der Waals surface area contributed by atoms with Crippen LogP contribution in [0, 0.1) is 0 Å². The van der Waals surface area contributed by atoms with Crippen LogP contribution >= 0.6 is 11.3 Å². The molecule has 0 radical (unpaired) electrons. The van der Waals surface area contributed by atoms with Gasteiger partial charge in [0.05, 0.1) is 25.0 Å². The molecule has 0 bridgehead atoms. The Bertz CT molecular complexity index is 791. The first-order valence-corrected chi connectivity index (χ1v) is 9.67. The van der Waals surface area contributed by atoms with Crippen molar-refractivity contribution in [1.82, 2.24) is 15.2 Å². The number of aromatic nitrogens is 1. The topological polar surface area (TPSA) is 66.5 Å². The number of benzene rings is 1. The highest BCUT2D eigenvalue weighted by molar-refractivity contribution is 7.17. The van der Waals surface area contributed by atoms with Crippen LogP contribution in [0.5, 0.6) is 0 Å². The van der Waals surface area contributed by atoms with E-state index in [9.17, 15) is 18.0 Å². The smallest absolute Gasteiger partial charge is 0.379 e. The van der Waals surface area contributed by atoms with E-state index < -0.39 is 11.7 Å². The molecule has 1 aromatic carbocycles. The number of nitrogens with one attached hydrogen (secondary N) is 2. The van der Waals surface area contributed by atoms with Gasteiger partial charge in [0.2, 0.25) is 0 Å². The first-order chi connectivity index (χ1) is 13.4. The zero-order valence-corrected chi connectivity index (χ0v) is 15.9. The summed E-state index contributed by atoms with van der Waals surface area (Å²) in [6.07, 6.45) is -2.94. The Labute approximate surface area is 164 Å². The molecule has 1 amide bonds.